The molecule has 11 heavy (non-hydrogen) atoms. The monoisotopic (exact) mass is 165 g/mol. The van der Waals surface area contributed by atoms with Gasteiger partial charge in [-0.05, 0) is 44.3 Å². The number of piperidine rings is 3. The molecule has 0 atom stereocenters. The quantitative estimate of drug-likeness (QED) is 0.545. The van der Waals surface area contributed by atoms with Crippen molar-refractivity contribution in [1.82, 2.24) is 4.90 Å². The molecule has 0 radical (unpaired) electrons. The Morgan fingerprint density at radius 3 is 1.82 bits per heavy atom. The fraction of sp³-hybridized carbons (Fsp3) is 1.00. The van der Waals surface area contributed by atoms with E-state index in [-0.39, 0.29) is 29.6 Å². The van der Waals surface area contributed by atoms with Crippen molar-refractivity contribution in [3.63, 3.8) is 0 Å². The van der Waals surface area contributed by atoms with Crippen molar-refractivity contribution >= 4 is 29.6 Å². The Bertz CT molecular complexity index is 118. The molecule has 3 heterocycles. The van der Waals surface area contributed by atoms with Gasteiger partial charge in [-0.25, -0.2) is 0 Å². The van der Waals surface area contributed by atoms with Crippen LogP contribution in [-0.2, 0) is 0 Å². The molecule has 3 fully saturated rings. The average Bonchev–Trinajstić information content (AvgIpc) is 2.08. The van der Waals surface area contributed by atoms with Gasteiger partial charge in [-0.2, -0.15) is 0 Å². The molecule has 3 saturated heterocycles. The number of rotatable bonds is 1. The molecule has 3 rings (SSSR count). The fourth-order valence-electron chi connectivity index (χ4n) is 2.13. The van der Waals surface area contributed by atoms with E-state index >= 15 is 0 Å². The third kappa shape index (κ3) is 1.81. The molecule has 0 aromatic heterocycles. The van der Waals surface area contributed by atoms with Gasteiger partial charge in [0.1, 0.15) is 0 Å². The maximum atomic E-state index is 9.15. The van der Waals surface area contributed by atoms with E-state index in [0.717, 1.165) is 0 Å². The standard InChI is InChI=1S/C8H15NO.Na.H/c10-7-8-1-4-9(5-2-8)6-3-8;;/h10H,1-7H2;;. The molecule has 2 nitrogen and oxygen atoms in total. The zero-order valence-electron chi connectivity index (χ0n) is 6.34. The van der Waals surface area contributed by atoms with Crippen molar-refractivity contribution in [2.45, 2.75) is 19.3 Å². The Morgan fingerprint density at radius 1 is 1.09 bits per heavy atom. The second kappa shape index (κ2) is 3.75. The summed E-state index contributed by atoms with van der Waals surface area (Å²) < 4.78 is 0. The van der Waals surface area contributed by atoms with E-state index in [0.29, 0.717) is 12.0 Å². The third-order valence-corrected chi connectivity index (χ3v) is 3.21. The van der Waals surface area contributed by atoms with Gasteiger partial charge in [0.2, 0.25) is 0 Å². The summed E-state index contributed by atoms with van der Waals surface area (Å²) in [6.45, 7) is 4.09. The van der Waals surface area contributed by atoms with Crippen LogP contribution in [0.2, 0.25) is 0 Å². The summed E-state index contributed by atoms with van der Waals surface area (Å²) in [5.41, 5.74) is 0.342. The molecular weight excluding hydrogens is 149 g/mol. The zero-order valence-corrected chi connectivity index (χ0v) is 6.34. The van der Waals surface area contributed by atoms with Crippen molar-refractivity contribution in [1.29, 1.82) is 0 Å². The van der Waals surface area contributed by atoms with Gasteiger partial charge in [-0.3, -0.25) is 0 Å². The first kappa shape index (κ1) is 10.0. The molecule has 0 amide bonds. The summed E-state index contributed by atoms with van der Waals surface area (Å²) in [5.74, 6) is 0. The minimum atomic E-state index is 0. The van der Waals surface area contributed by atoms with Gasteiger partial charge in [-0.15, -0.1) is 0 Å². The Kier molecular flexibility index (Phi) is 3.41. The molecule has 1 N–H and O–H groups in total. The molecule has 0 aliphatic carbocycles. The summed E-state index contributed by atoms with van der Waals surface area (Å²) in [7, 11) is 0. The van der Waals surface area contributed by atoms with Crippen LogP contribution >= 0.6 is 0 Å². The van der Waals surface area contributed by atoms with Gasteiger partial charge in [0.05, 0.1) is 0 Å². The Hall–Kier alpha value is 0.920. The minimum absolute atomic E-state index is 0. The molecule has 0 aromatic rings. The molecule has 3 heteroatoms. The van der Waals surface area contributed by atoms with Gasteiger partial charge in [0.15, 0.2) is 0 Å². The summed E-state index contributed by atoms with van der Waals surface area (Å²) in [4.78, 5) is 2.50. The molecule has 0 saturated carbocycles. The third-order valence-electron chi connectivity index (χ3n) is 3.21. The first-order valence-corrected chi connectivity index (χ1v) is 4.18. The molecule has 0 aromatic carbocycles. The van der Waals surface area contributed by atoms with Crippen molar-refractivity contribution in [3.8, 4) is 0 Å². The number of nitrogens with zero attached hydrogens (tertiary/aromatic N) is 1. The van der Waals surface area contributed by atoms with Crippen LogP contribution in [-0.4, -0.2) is 65.8 Å². The Labute approximate surface area is 90.2 Å². The SMILES string of the molecule is OCC12CCN(CC1)CC2.[NaH]. The van der Waals surface area contributed by atoms with E-state index in [4.69, 9.17) is 5.11 Å². The van der Waals surface area contributed by atoms with E-state index in [1.165, 1.54) is 38.9 Å². The van der Waals surface area contributed by atoms with Crippen molar-refractivity contribution in [2.24, 2.45) is 5.41 Å². The normalized spacial score (nSPS) is 41.7. The summed E-state index contributed by atoms with van der Waals surface area (Å²) in [6.07, 6.45) is 3.68. The predicted molar refractivity (Wildman–Crippen MR) is 47.0 cm³/mol. The summed E-state index contributed by atoms with van der Waals surface area (Å²) in [5, 5.41) is 9.15. The number of aliphatic hydroxyl groups excluding tert-OH is 1. The van der Waals surface area contributed by atoms with Crippen LogP contribution in [0.1, 0.15) is 19.3 Å². The fourth-order valence-corrected chi connectivity index (χ4v) is 2.13. The second-order valence-electron chi connectivity index (χ2n) is 3.75. The van der Waals surface area contributed by atoms with E-state index in [1.54, 1.807) is 0 Å². The van der Waals surface area contributed by atoms with E-state index in [2.05, 4.69) is 4.90 Å². The van der Waals surface area contributed by atoms with Crippen molar-refractivity contribution in [3.05, 3.63) is 0 Å². The summed E-state index contributed by atoms with van der Waals surface area (Å²) >= 11 is 0. The van der Waals surface area contributed by atoms with Gasteiger partial charge < -0.3 is 10.0 Å². The first-order chi connectivity index (χ1) is 4.85. The topological polar surface area (TPSA) is 23.5 Å². The van der Waals surface area contributed by atoms with Gasteiger partial charge in [-0.1, -0.05) is 0 Å². The van der Waals surface area contributed by atoms with Crippen LogP contribution in [0.5, 0.6) is 0 Å². The predicted octanol–water partition coefficient (Wildman–Crippen LogP) is -0.184. The van der Waals surface area contributed by atoms with Crippen LogP contribution < -0.4 is 0 Å². The molecule has 0 spiro atoms. The number of fused-ring (bicyclic) bond motifs is 3. The molecule has 60 valence electrons. The average molecular weight is 165 g/mol. The second-order valence-corrected chi connectivity index (χ2v) is 3.75. The molecule has 3 aliphatic rings. The number of hydrogen-bond donors (Lipinski definition) is 1. The van der Waals surface area contributed by atoms with E-state index < -0.39 is 0 Å². The van der Waals surface area contributed by atoms with E-state index in [9.17, 15) is 0 Å². The van der Waals surface area contributed by atoms with Crippen LogP contribution in [0.4, 0.5) is 0 Å². The summed E-state index contributed by atoms with van der Waals surface area (Å²) in [6, 6.07) is 0. The van der Waals surface area contributed by atoms with Crippen LogP contribution in [0, 0.1) is 5.41 Å². The number of hydrogen-bond acceptors (Lipinski definition) is 2. The number of aliphatic hydroxyl groups is 1. The first-order valence-electron chi connectivity index (χ1n) is 4.18. The molecular formula is C8H16NNaO. The Morgan fingerprint density at radius 2 is 1.55 bits per heavy atom. The Balaban J connectivity index is 0.000000605. The van der Waals surface area contributed by atoms with Crippen molar-refractivity contribution < 1.29 is 5.11 Å². The van der Waals surface area contributed by atoms with Gasteiger partial charge in [0.25, 0.3) is 0 Å². The van der Waals surface area contributed by atoms with Gasteiger partial charge in [0, 0.05) is 6.61 Å². The van der Waals surface area contributed by atoms with Crippen LogP contribution in [0.25, 0.3) is 0 Å². The molecule has 0 unspecified atom stereocenters. The zero-order chi connectivity index (χ0) is 7.03. The van der Waals surface area contributed by atoms with Crippen molar-refractivity contribution in [2.75, 3.05) is 26.2 Å². The molecule has 2 bridgehead atoms. The van der Waals surface area contributed by atoms with Crippen LogP contribution in [0.15, 0.2) is 0 Å². The van der Waals surface area contributed by atoms with Crippen LogP contribution in [0.3, 0.4) is 0 Å². The maximum absolute atomic E-state index is 9.15. The van der Waals surface area contributed by atoms with Gasteiger partial charge >= 0.3 is 29.6 Å². The molecule has 3 aliphatic heterocycles. The van der Waals surface area contributed by atoms with E-state index in [1.807, 2.05) is 0 Å².